The van der Waals surface area contributed by atoms with Crippen LogP contribution < -0.4 is 0 Å². The molecule has 0 unspecified atom stereocenters. The van der Waals surface area contributed by atoms with E-state index in [0.29, 0.717) is 11.6 Å². The first kappa shape index (κ1) is 22.2. The van der Waals surface area contributed by atoms with Crippen molar-refractivity contribution in [3.05, 3.63) is 84.6 Å². The number of nitrogens with zero attached hydrogens (tertiary/aromatic N) is 2. The molecule has 0 atom stereocenters. The number of aliphatic hydroxyl groups is 1. The normalized spacial score (nSPS) is 10.6. The molecule has 5 nitrogen and oxygen atoms in total. The molecular formula is C23H19IrN2O3-. The fourth-order valence-electron chi connectivity index (χ4n) is 2.52. The van der Waals surface area contributed by atoms with Crippen molar-refractivity contribution in [2.45, 2.75) is 13.8 Å². The Balaban J connectivity index is 0.000000327. The van der Waals surface area contributed by atoms with Gasteiger partial charge in [-0.3, -0.25) is 9.78 Å². The molecule has 0 aliphatic heterocycles. The van der Waals surface area contributed by atoms with Crippen LogP contribution in [0.2, 0.25) is 0 Å². The molecule has 1 N–H and O–H groups in total. The van der Waals surface area contributed by atoms with Crippen molar-refractivity contribution in [1.82, 2.24) is 9.97 Å². The second kappa shape index (κ2) is 10.5. The van der Waals surface area contributed by atoms with E-state index in [2.05, 4.69) is 16.0 Å². The van der Waals surface area contributed by atoms with Crippen molar-refractivity contribution < 1.29 is 34.4 Å². The maximum absolute atomic E-state index is 10.0. The average Bonchev–Trinajstić information content (AvgIpc) is 3.12. The monoisotopic (exact) mass is 564 g/mol. The smallest absolute Gasteiger partial charge is 0.238 e. The molecule has 0 aliphatic rings. The van der Waals surface area contributed by atoms with Crippen LogP contribution in [0.15, 0.2) is 83.0 Å². The average molecular weight is 564 g/mol. The van der Waals surface area contributed by atoms with Gasteiger partial charge in [-0.1, -0.05) is 24.3 Å². The molecule has 0 amide bonds. The molecule has 29 heavy (non-hydrogen) atoms. The Bertz CT molecular complexity index is 1070. The summed E-state index contributed by atoms with van der Waals surface area (Å²) in [5.41, 5.74) is 4.02. The minimum absolute atomic E-state index is 0. The van der Waals surface area contributed by atoms with Crippen LogP contribution in [0.5, 0.6) is 0 Å². The molecule has 2 aromatic heterocycles. The summed E-state index contributed by atoms with van der Waals surface area (Å²) in [5, 5.41) is 8.36. The zero-order valence-corrected chi connectivity index (χ0v) is 18.3. The van der Waals surface area contributed by atoms with E-state index in [1.54, 1.807) is 0 Å². The van der Waals surface area contributed by atoms with Crippen LogP contribution in [0, 0.1) is 6.07 Å². The van der Waals surface area contributed by atoms with Crippen molar-refractivity contribution in [3.63, 3.8) is 0 Å². The number of oxazole rings is 1. The molecule has 4 rings (SSSR count). The van der Waals surface area contributed by atoms with E-state index in [9.17, 15) is 4.79 Å². The summed E-state index contributed by atoms with van der Waals surface area (Å²) in [6.45, 7) is 2.85. The molecule has 0 fully saturated rings. The van der Waals surface area contributed by atoms with Gasteiger partial charge in [-0.15, -0.1) is 35.9 Å². The zero-order valence-electron chi connectivity index (χ0n) is 15.9. The molecule has 0 aliphatic carbocycles. The third kappa shape index (κ3) is 6.21. The van der Waals surface area contributed by atoms with Gasteiger partial charge in [0.1, 0.15) is 5.52 Å². The first-order chi connectivity index (χ1) is 13.5. The van der Waals surface area contributed by atoms with Crippen LogP contribution in [0.1, 0.15) is 13.8 Å². The topological polar surface area (TPSA) is 76.2 Å². The van der Waals surface area contributed by atoms with Gasteiger partial charge in [-0.05, 0) is 37.7 Å². The van der Waals surface area contributed by atoms with Crippen molar-refractivity contribution in [2.24, 2.45) is 0 Å². The molecular weight excluding hydrogens is 544 g/mol. The number of ketones is 1. The number of carbonyl (C=O) groups excluding carboxylic acids is 1. The van der Waals surface area contributed by atoms with E-state index in [-0.39, 0.29) is 31.6 Å². The fourth-order valence-corrected chi connectivity index (χ4v) is 2.52. The minimum atomic E-state index is -0.125. The molecule has 0 spiro atoms. The van der Waals surface area contributed by atoms with Gasteiger partial charge < -0.3 is 9.52 Å². The number of benzene rings is 2. The molecule has 0 bridgehead atoms. The number of aromatic nitrogens is 2. The summed E-state index contributed by atoms with van der Waals surface area (Å²) in [6.07, 6.45) is 1.17. The van der Waals surface area contributed by atoms with Gasteiger partial charge in [0.05, 0.1) is 5.76 Å². The van der Waals surface area contributed by atoms with Crippen molar-refractivity contribution in [1.29, 1.82) is 0 Å². The Labute approximate surface area is 182 Å². The summed E-state index contributed by atoms with van der Waals surface area (Å²) >= 11 is 0. The molecule has 4 aromatic rings. The van der Waals surface area contributed by atoms with Crippen LogP contribution >= 0.6 is 0 Å². The Morgan fingerprint density at radius 3 is 2.31 bits per heavy atom. The van der Waals surface area contributed by atoms with E-state index >= 15 is 0 Å². The second-order valence-electron chi connectivity index (χ2n) is 6.08. The molecule has 0 saturated carbocycles. The van der Waals surface area contributed by atoms with Gasteiger partial charge >= 0.3 is 0 Å². The second-order valence-corrected chi connectivity index (χ2v) is 6.08. The van der Waals surface area contributed by atoms with Gasteiger partial charge in [0.2, 0.25) is 11.6 Å². The number of pyridine rings is 1. The molecule has 1 radical (unpaired) electrons. The predicted molar refractivity (Wildman–Crippen MR) is 109 cm³/mol. The van der Waals surface area contributed by atoms with Gasteiger partial charge in [-0.2, -0.15) is 0 Å². The van der Waals surface area contributed by atoms with Gasteiger partial charge in [0.25, 0.3) is 0 Å². The standard InChI is InChI=1S/C18H11N2O.C5H8O2.Ir/c1-3-7-13(8-4-1)15-11-12-16-18(19-15)21-17(20-16)14-9-5-2-6-10-14;1-4(6)3-5(2)7;/h1-7,9-12H;3,6H,1-2H3;/q-1;;/b;4-3-;. The van der Waals surface area contributed by atoms with E-state index < -0.39 is 0 Å². The largest absolute Gasteiger partial charge is 0.512 e. The number of carbonyl (C=O) groups is 1. The fraction of sp³-hybridized carbons (Fsp3) is 0.0870. The Hall–Kier alpha value is -3.08. The van der Waals surface area contributed by atoms with Crippen molar-refractivity contribution in [2.75, 3.05) is 0 Å². The van der Waals surface area contributed by atoms with Crippen LogP contribution in [0.3, 0.4) is 0 Å². The first-order valence-electron chi connectivity index (χ1n) is 8.71. The number of aliphatic hydroxyl groups excluding tert-OH is 1. The summed E-state index contributed by atoms with van der Waals surface area (Å²) in [5.74, 6) is 0.528. The van der Waals surface area contributed by atoms with E-state index in [1.165, 1.54) is 19.9 Å². The maximum Gasteiger partial charge on any atom is 0.238 e. The van der Waals surface area contributed by atoms with Crippen LogP contribution in [-0.2, 0) is 24.9 Å². The first-order valence-corrected chi connectivity index (χ1v) is 8.71. The van der Waals surface area contributed by atoms with E-state index in [0.717, 1.165) is 22.3 Å². The molecule has 149 valence electrons. The zero-order chi connectivity index (χ0) is 19.9. The number of hydrogen-bond acceptors (Lipinski definition) is 5. The number of rotatable bonds is 3. The maximum atomic E-state index is 10.0. The Morgan fingerprint density at radius 2 is 1.72 bits per heavy atom. The number of fused-ring (bicyclic) bond motifs is 1. The third-order valence-corrected chi connectivity index (χ3v) is 3.67. The quantitative estimate of drug-likeness (QED) is 0.206. The van der Waals surface area contributed by atoms with Crippen LogP contribution in [-0.4, -0.2) is 20.9 Å². The van der Waals surface area contributed by atoms with Crippen LogP contribution in [0.4, 0.5) is 0 Å². The Kier molecular flexibility index (Phi) is 8.01. The number of allylic oxidation sites excluding steroid dienone is 2. The third-order valence-electron chi connectivity index (χ3n) is 3.67. The summed E-state index contributed by atoms with van der Waals surface area (Å²) in [7, 11) is 0. The van der Waals surface area contributed by atoms with Gasteiger partial charge in [-0.25, -0.2) is 4.98 Å². The van der Waals surface area contributed by atoms with E-state index in [1.807, 2.05) is 66.7 Å². The number of hydrogen-bond donors (Lipinski definition) is 1. The predicted octanol–water partition coefficient (Wildman–Crippen LogP) is 5.39. The van der Waals surface area contributed by atoms with Crippen LogP contribution in [0.25, 0.3) is 33.9 Å². The van der Waals surface area contributed by atoms with Gasteiger partial charge in [0, 0.05) is 31.7 Å². The summed E-state index contributed by atoms with van der Waals surface area (Å²) in [6, 6.07) is 24.6. The summed E-state index contributed by atoms with van der Waals surface area (Å²) in [4.78, 5) is 19.0. The molecule has 0 saturated heterocycles. The minimum Gasteiger partial charge on any atom is -0.512 e. The van der Waals surface area contributed by atoms with Gasteiger partial charge in [0.15, 0.2) is 5.78 Å². The SMILES string of the molecule is CC(=O)/C=C(/C)O.[Ir].[c-]1ccccc1-c1ccc2nc(-c3ccccc3)oc2n1. The van der Waals surface area contributed by atoms with E-state index in [4.69, 9.17) is 9.52 Å². The molecule has 2 heterocycles. The molecule has 6 heteroatoms. The molecule has 2 aromatic carbocycles. The van der Waals surface area contributed by atoms with Crippen molar-refractivity contribution >= 4 is 17.0 Å². The Morgan fingerprint density at radius 1 is 1.00 bits per heavy atom. The summed E-state index contributed by atoms with van der Waals surface area (Å²) < 4.78 is 5.78. The van der Waals surface area contributed by atoms with Crippen molar-refractivity contribution in [3.8, 4) is 22.7 Å².